The number of carbonyl (C=O) groups excluding carboxylic acids is 2. The van der Waals surface area contributed by atoms with Gasteiger partial charge >= 0.3 is 0 Å². The van der Waals surface area contributed by atoms with Crippen molar-refractivity contribution in [3.8, 4) is 5.75 Å². The first-order valence-electron chi connectivity index (χ1n) is 11.3. The molecule has 182 valence electrons. The van der Waals surface area contributed by atoms with Gasteiger partial charge in [-0.2, -0.15) is 0 Å². The van der Waals surface area contributed by atoms with Crippen LogP contribution < -0.4 is 19.7 Å². The molecule has 0 saturated heterocycles. The highest BCUT2D eigenvalue weighted by atomic mass is 32.2. The van der Waals surface area contributed by atoms with E-state index in [1.54, 1.807) is 72.8 Å². The van der Waals surface area contributed by atoms with Crippen LogP contribution in [0, 0.1) is 0 Å². The summed E-state index contributed by atoms with van der Waals surface area (Å²) in [4.78, 5) is 25.8. The molecule has 1 aliphatic heterocycles. The van der Waals surface area contributed by atoms with E-state index in [0.29, 0.717) is 28.3 Å². The van der Waals surface area contributed by atoms with Gasteiger partial charge < -0.3 is 15.4 Å². The van der Waals surface area contributed by atoms with Gasteiger partial charge in [0.25, 0.3) is 11.8 Å². The molecule has 3 aromatic rings. The minimum Gasteiger partial charge on any atom is -0.476 e. The Morgan fingerprint density at radius 2 is 1.63 bits per heavy atom. The van der Waals surface area contributed by atoms with Crippen LogP contribution in [0.4, 0.5) is 11.4 Å². The molecule has 35 heavy (non-hydrogen) atoms. The Kier molecular flexibility index (Phi) is 7.07. The van der Waals surface area contributed by atoms with Gasteiger partial charge in [-0.3, -0.25) is 13.9 Å². The van der Waals surface area contributed by atoms with Crippen LogP contribution in [0.2, 0.25) is 0 Å². The summed E-state index contributed by atoms with van der Waals surface area (Å²) in [6.07, 6.45) is -1.11. The fourth-order valence-electron chi connectivity index (χ4n) is 3.81. The lowest BCUT2D eigenvalue weighted by Crippen LogP contribution is -2.49. The van der Waals surface area contributed by atoms with E-state index in [-0.39, 0.29) is 24.2 Å². The molecule has 0 spiro atoms. The van der Waals surface area contributed by atoms with Gasteiger partial charge in [0.05, 0.1) is 29.2 Å². The molecule has 0 unspecified atom stereocenters. The van der Waals surface area contributed by atoms with Gasteiger partial charge in [-0.1, -0.05) is 54.6 Å². The molecule has 2 N–H and O–H groups in total. The Morgan fingerprint density at radius 1 is 0.971 bits per heavy atom. The Balaban J connectivity index is 1.59. The second-order valence-electron chi connectivity index (χ2n) is 8.51. The number of nitrogens with one attached hydrogen (secondary N) is 2. The van der Waals surface area contributed by atoms with Gasteiger partial charge in [0.2, 0.25) is 10.0 Å². The maximum absolute atomic E-state index is 13.4. The Bertz CT molecular complexity index is 1330. The number of amides is 2. The summed E-state index contributed by atoms with van der Waals surface area (Å²) in [5.41, 5.74) is 1.64. The van der Waals surface area contributed by atoms with E-state index in [9.17, 15) is 18.0 Å². The molecule has 1 atom stereocenters. The minimum absolute atomic E-state index is 0.0761. The molecular weight excluding hydrogens is 466 g/mol. The zero-order chi connectivity index (χ0) is 25.0. The van der Waals surface area contributed by atoms with Crippen molar-refractivity contribution in [2.75, 3.05) is 16.2 Å². The van der Waals surface area contributed by atoms with Crippen LogP contribution >= 0.6 is 0 Å². The normalized spacial score (nSPS) is 15.2. The number of hydrogen-bond acceptors (Lipinski definition) is 5. The molecule has 0 aliphatic carbocycles. The Labute approximate surface area is 205 Å². The Hall–Kier alpha value is -3.85. The van der Waals surface area contributed by atoms with Gasteiger partial charge in [-0.15, -0.1) is 0 Å². The van der Waals surface area contributed by atoms with Gasteiger partial charge in [0.1, 0.15) is 5.75 Å². The monoisotopic (exact) mass is 493 g/mol. The molecule has 2 amide bonds. The fourth-order valence-corrected chi connectivity index (χ4v) is 5.39. The molecule has 0 fully saturated rings. The first kappa shape index (κ1) is 24.3. The molecule has 1 aliphatic rings. The third-order valence-corrected chi connectivity index (χ3v) is 7.12. The lowest BCUT2D eigenvalue weighted by molar-refractivity contribution is -0.122. The van der Waals surface area contributed by atoms with Crippen molar-refractivity contribution in [1.82, 2.24) is 5.32 Å². The van der Waals surface area contributed by atoms with Crippen molar-refractivity contribution in [3.63, 3.8) is 0 Å². The van der Waals surface area contributed by atoms with Crippen molar-refractivity contribution >= 4 is 33.2 Å². The highest BCUT2D eigenvalue weighted by molar-refractivity contribution is 7.92. The molecule has 0 saturated carbocycles. The SMILES string of the molecule is CC(C)NC(=O)c1ccccc1NC(=O)[C@@H]1CN(S(=O)(=O)Cc2ccccc2)c2ccccc2O1. The molecular formula is C26H27N3O5S. The fraction of sp³-hybridized carbons (Fsp3) is 0.231. The van der Waals surface area contributed by atoms with Crippen molar-refractivity contribution in [2.45, 2.75) is 31.7 Å². The maximum Gasteiger partial charge on any atom is 0.267 e. The lowest BCUT2D eigenvalue weighted by atomic mass is 10.1. The largest absolute Gasteiger partial charge is 0.476 e. The molecule has 4 rings (SSSR count). The van der Waals surface area contributed by atoms with Crippen molar-refractivity contribution < 1.29 is 22.7 Å². The number of nitrogens with zero attached hydrogens (tertiary/aromatic N) is 1. The second-order valence-corrected chi connectivity index (χ2v) is 10.4. The summed E-state index contributed by atoms with van der Waals surface area (Å²) in [6, 6.07) is 22.1. The second kappa shape index (κ2) is 10.2. The van der Waals surface area contributed by atoms with Gasteiger partial charge in [0.15, 0.2) is 6.10 Å². The molecule has 9 heteroatoms. The predicted molar refractivity (Wildman–Crippen MR) is 135 cm³/mol. The van der Waals surface area contributed by atoms with Crippen LogP contribution in [-0.2, 0) is 20.6 Å². The van der Waals surface area contributed by atoms with Crippen molar-refractivity contribution in [1.29, 1.82) is 0 Å². The highest BCUT2D eigenvalue weighted by Gasteiger charge is 2.37. The van der Waals surface area contributed by atoms with Gasteiger partial charge in [0, 0.05) is 6.04 Å². The summed E-state index contributed by atoms with van der Waals surface area (Å²) < 4.78 is 33.9. The number of ether oxygens (including phenoxy) is 1. The summed E-state index contributed by atoms with van der Waals surface area (Å²) >= 11 is 0. The Morgan fingerprint density at radius 3 is 2.37 bits per heavy atom. The topological polar surface area (TPSA) is 105 Å². The average molecular weight is 494 g/mol. The number of fused-ring (bicyclic) bond motifs is 1. The summed E-state index contributed by atoms with van der Waals surface area (Å²) in [6.45, 7) is 3.49. The number of benzene rings is 3. The predicted octanol–water partition coefficient (Wildman–Crippen LogP) is 3.56. The molecule has 3 aromatic carbocycles. The standard InChI is InChI=1S/C26H27N3O5S/c1-18(2)27-25(30)20-12-6-7-13-21(20)28-26(31)24-16-29(22-14-8-9-15-23(22)34-24)35(32,33)17-19-10-4-3-5-11-19/h3-15,18,24H,16-17H2,1-2H3,(H,27,30)(H,28,31)/t24-/m0/s1. The van der Waals surface area contributed by atoms with Crippen LogP contribution in [0.25, 0.3) is 0 Å². The average Bonchev–Trinajstić information content (AvgIpc) is 2.83. The number of sulfonamides is 1. The van der Waals surface area contributed by atoms with E-state index in [0.717, 1.165) is 0 Å². The third kappa shape index (κ3) is 5.63. The number of hydrogen-bond donors (Lipinski definition) is 2. The van der Waals surface area contributed by atoms with Crippen LogP contribution in [0.3, 0.4) is 0 Å². The van der Waals surface area contributed by atoms with Crippen LogP contribution in [0.5, 0.6) is 5.75 Å². The molecule has 0 radical (unpaired) electrons. The van der Waals surface area contributed by atoms with E-state index in [1.807, 2.05) is 19.9 Å². The summed E-state index contributed by atoms with van der Waals surface area (Å²) in [5.74, 6) is -0.794. The van der Waals surface area contributed by atoms with Crippen LogP contribution in [-0.4, -0.2) is 38.9 Å². The quantitative estimate of drug-likeness (QED) is 0.524. The van der Waals surface area contributed by atoms with Crippen LogP contribution in [0.1, 0.15) is 29.8 Å². The zero-order valence-corrected chi connectivity index (χ0v) is 20.3. The summed E-state index contributed by atoms with van der Waals surface area (Å²) in [7, 11) is -3.81. The van der Waals surface area contributed by atoms with E-state index >= 15 is 0 Å². The van der Waals surface area contributed by atoms with E-state index in [4.69, 9.17) is 4.74 Å². The molecule has 1 heterocycles. The highest BCUT2D eigenvalue weighted by Crippen LogP contribution is 2.36. The zero-order valence-electron chi connectivity index (χ0n) is 19.5. The number of carbonyl (C=O) groups is 2. The van der Waals surface area contributed by atoms with Crippen molar-refractivity contribution in [3.05, 3.63) is 90.0 Å². The van der Waals surface area contributed by atoms with E-state index < -0.39 is 22.0 Å². The number of para-hydroxylation sites is 3. The third-order valence-electron chi connectivity index (χ3n) is 5.40. The van der Waals surface area contributed by atoms with Crippen molar-refractivity contribution in [2.24, 2.45) is 0 Å². The first-order chi connectivity index (χ1) is 16.7. The number of anilines is 2. The van der Waals surface area contributed by atoms with Crippen LogP contribution in [0.15, 0.2) is 78.9 Å². The first-order valence-corrected chi connectivity index (χ1v) is 12.9. The lowest BCUT2D eigenvalue weighted by Gasteiger charge is -2.34. The molecule has 0 bridgehead atoms. The van der Waals surface area contributed by atoms with E-state index in [1.165, 1.54) is 4.31 Å². The summed E-state index contributed by atoms with van der Waals surface area (Å²) in [5, 5.41) is 5.55. The van der Waals surface area contributed by atoms with Gasteiger partial charge in [-0.25, -0.2) is 8.42 Å². The van der Waals surface area contributed by atoms with Gasteiger partial charge in [-0.05, 0) is 43.7 Å². The molecule has 8 nitrogen and oxygen atoms in total. The smallest absolute Gasteiger partial charge is 0.267 e. The van der Waals surface area contributed by atoms with E-state index in [2.05, 4.69) is 10.6 Å². The minimum atomic E-state index is -3.81. The molecule has 0 aromatic heterocycles. The maximum atomic E-state index is 13.4. The number of rotatable bonds is 7.